The first-order valence-electron chi connectivity index (χ1n) is 6.18. The molecule has 0 atom stereocenters. The Morgan fingerprint density at radius 3 is 2.68 bits per heavy atom. The van der Waals surface area contributed by atoms with Gasteiger partial charge in [0, 0.05) is 26.2 Å². The molecule has 1 fully saturated rings. The van der Waals surface area contributed by atoms with Gasteiger partial charge in [0.2, 0.25) is 0 Å². The maximum Gasteiger partial charge on any atom is 0.410 e. The first kappa shape index (κ1) is 15.5. The molecule has 0 spiro atoms. The zero-order valence-corrected chi connectivity index (χ0v) is 10.9. The summed E-state index contributed by atoms with van der Waals surface area (Å²) in [4.78, 5) is 25.7. The lowest BCUT2D eigenvalue weighted by atomic mass is 10.4. The molecule has 1 aliphatic rings. The van der Waals surface area contributed by atoms with Crippen LogP contribution in [0, 0.1) is 0 Å². The van der Waals surface area contributed by atoms with Gasteiger partial charge in [0.1, 0.15) is 13.2 Å². The second-order valence-electron chi connectivity index (χ2n) is 4.13. The summed E-state index contributed by atoms with van der Waals surface area (Å²) in [6, 6.07) is 0. The molecule has 1 aliphatic heterocycles. The fraction of sp³-hybridized carbons (Fsp3) is 0.667. The Morgan fingerprint density at radius 1 is 1.42 bits per heavy atom. The number of hydrogen-bond acceptors (Lipinski definition) is 5. The molecule has 7 nitrogen and oxygen atoms in total. The molecule has 1 N–H and O–H groups in total. The molecule has 0 aromatic rings. The van der Waals surface area contributed by atoms with E-state index in [9.17, 15) is 9.59 Å². The highest BCUT2D eigenvalue weighted by molar-refractivity contribution is 5.76. The van der Waals surface area contributed by atoms with Crippen molar-refractivity contribution in [3.05, 3.63) is 12.7 Å². The second kappa shape index (κ2) is 8.49. The van der Waals surface area contributed by atoms with Crippen LogP contribution in [0.2, 0.25) is 0 Å². The van der Waals surface area contributed by atoms with Crippen molar-refractivity contribution < 1.29 is 24.2 Å². The van der Waals surface area contributed by atoms with E-state index in [-0.39, 0.29) is 13.2 Å². The first-order chi connectivity index (χ1) is 9.13. The number of aliphatic carboxylic acids is 1. The van der Waals surface area contributed by atoms with Gasteiger partial charge in [0.15, 0.2) is 0 Å². The highest BCUT2D eigenvalue weighted by Crippen LogP contribution is 2.00. The van der Waals surface area contributed by atoms with Gasteiger partial charge in [-0.3, -0.25) is 14.6 Å². The van der Waals surface area contributed by atoms with Crippen LogP contribution in [-0.4, -0.2) is 79.5 Å². The number of carbonyl (C=O) groups is 2. The van der Waals surface area contributed by atoms with Crippen LogP contribution in [0.5, 0.6) is 0 Å². The number of ether oxygens (including phenoxy) is 2. The average molecular weight is 272 g/mol. The zero-order valence-electron chi connectivity index (χ0n) is 10.9. The lowest BCUT2D eigenvalue weighted by molar-refractivity contribution is -0.138. The van der Waals surface area contributed by atoms with Crippen LogP contribution in [0.4, 0.5) is 4.79 Å². The SMILES string of the molecule is C=CCOC(=O)N(CCN1CCOCC1)CC(=O)O. The maximum absolute atomic E-state index is 11.7. The Balaban J connectivity index is 2.41. The highest BCUT2D eigenvalue weighted by atomic mass is 16.6. The van der Waals surface area contributed by atoms with Crippen LogP contribution in [0.3, 0.4) is 0 Å². The topological polar surface area (TPSA) is 79.3 Å². The Hall–Kier alpha value is -1.60. The van der Waals surface area contributed by atoms with Crippen LogP contribution in [0.15, 0.2) is 12.7 Å². The lowest BCUT2D eigenvalue weighted by Gasteiger charge is -2.29. The van der Waals surface area contributed by atoms with Crippen molar-refractivity contribution in [1.82, 2.24) is 9.80 Å². The Labute approximate surface area is 112 Å². The second-order valence-corrected chi connectivity index (χ2v) is 4.13. The van der Waals surface area contributed by atoms with E-state index in [1.807, 2.05) is 0 Å². The van der Waals surface area contributed by atoms with Gasteiger partial charge in [0.05, 0.1) is 13.2 Å². The summed E-state index contributed by atoms with van der Waals surface area (Å²) in [7, 11) is 0. The summed E-state index contributed by atoms with van der Waals surface area (Å²) in [6.07, 6.45) is 0.814. The molecule has 0 aliphatic carbocycles. The molecule has 1 heterocycles. The number of morpholine rings is 1. The molecule has 0 bridgehead atoms. The standard InChI is InChI=1S/C12H20N2O5/c1-2-7-19-12(17)14(10-11(15)16)4-3-13-5-8-18-9-6-13/h2H,1,3-10H2,(H,15,16). The highest BCUT2D eigenvalue weighted by Gasteiger charge is 2.19. The van der Waals surface area contributed by atoms with E-state index in [4.69, 9.17) is 14.6 Å². The maximum atomic E-state index is 11.7. The molecular weight excluding hydrogens is 252 g/mol. The summed E-state index contributed by atoms with van der Waals surface area (Å²) in [6.45, 7) is 7.01. The minimum absolute atomic E-state index is 0.0759. The summed E-state index contributed by atoms with van der Waals surface area (Å²) in [5, 5.41) is 8.79. The van der Waals surface area contributed by atoms with E-state index in [1.54, 1.807) is 0 Å². The van der Waals surface area contributed by atoms with E-state index in [0.29, 0.717) is 26.3 Å². The molecule has 0 aromatic carbocycles. The van der Waals surface area contributed by atoms with Gasteiger partial charge in [-0.25, -0.2) is 4.79 Å². The molecule has 0 saturated carbocycles. The van der Waals surface area contributed by atoms with E-state index in [1.165, 1.54) is 11.0 Å². The summed E-state index contributed by atoms with van der Waals surface area (Å²) >= 11 is 0. The number of rotatable bonds is 7. The Kier molecular flexibility index (Phi) is 6.91. The van der Waals surface area contributed by atoms with Crippen LogP contribution in [-0.2, 0) is 14.3 Å². The molecule has 1 amide bonds. The number of carboxylic acid groups (broad SMARTS) is 1. The van der Waals surface area contributed by atoms with Crippen LogP contribution < -0.4 is 0 Å². The third-order valence-electron chi connectivity index (χ3n) is 2.70. The number of carboxylic acids is 1. The fourth-order valence-corrected chi connectivity index (χ4v) is 1.71. The quantitative estimate of drug-likeness (QED) is 0.659. The number of amides is 1. The molecule has 108 valence electrons. The first-order valence-corrected chi connectivity index (χ1v) is 6.18. The third-order valence-corrected chi connectivity index (χ3v) is 2.70. The van der Waals surface area contributed by atoms with Gasteiger partial charge >= 0.3 is 12.1 Å². The molecular formula is C12H20N2O5. The molecule has 1 rings (SSSR count). The minimum Gasteiger partial charge on any atom is -0.480 e. The Bertz CT molecular complexity index is 315. The predicted molar refractivity (Wildman–Crippen MR) is 68.0 cm³/mol. The largest absolute Gasteiger partial charge is 0.480 e. The van der Waals surface area contributed by atoms with Gasteiger partial charge in [-0.1, -0.05) is 12.7 Å². The fourth-order valence-electron chi connectivity index (χ4n) is 1.71. The Morgan fingerprint density at radius 2 is 2.11 bits per heavy atom. The van der Waals surface area contributed by atoms with Gasteiger partial charge in [-0.15, -0.1) is 0 Å². The van der Waals surface area contributed by atoms with Crippen LogP contribution >= 0.6 is 0 Å². The van der Waals surface area contributed by atoms with Crippen molar-refractivity contribution in [2.75, 3.05) is 52.5 Å². The summed E-state index contributed by atoms with van der Waals surface area (Å²) in [5.41, 5.74) is 0. The minimum atomic E-state index is -1.06. The molecule has 1 saturated heterocycles. The monoisotopic (exact) mass is 272 g/mol. The summed E-state index contributed by atoms with van der Waals surface area (Å²) < 4.78 is 10.1. The molecule has 7 heteroatoms. The van der Waals surface area contributed by atoms with Gasteiger partial charge in [-0.2, -0.15) is 0 Å². The smallest absolute Gasteiger partial charge is 0.410 e. The number of nitrogens with zero attached hydrogens (tertiary/aromatic N) is 2. The number of hydrogen-bond donors (Lipinski definition) is 1. The van der Waals surface area contributed by atoms with Gasteiger partial charge in [0.25, 0.3) is 0 Å². The number of carbonyl (C=O) groups excluding carboxylic acids is 1. The van der Waals surface area contributed by atoms with Crippen molar-refractivity contribution in [3.63, 3.8) is 0 Å². The predicted octanol–water partition coefficient (Wildman–Crippen LogP) is 0.0278. The summed E-state index contributed by atoms with van der Waals surface area (Å²) in [5.74, 6) is -1.06. The van der Waals surface area contributed by atoms with Crippen molar-refractivity contribution in [3.8, 4) is 0 Å². The van der Waals surface area contributed by atoms with Crippen molar-refractivity contribution in [1.29, 1.82) is 0 Å². The zero-order chi connectivity index (χ0) is 14.1. The molecule has 0 aromatic heterocycles. The normalized spacial score (nSPS) is 15.8. The van der Waals surface area contributed by atoms with Gasteiger partial charge < -0.3 is 14.6 Å². The van der Waals surface area contributed by atoms with Crippen LogP contribution in [0.1, 0.15) is 0 Å². The average Bonchev–Trinajstić information content (AvgIpc) is 2.41. The van der Waals surface area contributed by atoms with E-state index in [0.717, 1.165) is 13.1 Å². The van der Waals surface area contributed by atoms with E-state index < -0.39 is 12.1 Å². The third kappa shape index (κ3) is 6.21. The lowest BCUT2D eigenvalue weighted by Crippen LogP contribution is -2.44. The van der Waals surface area contributed by atoms with Gasteiger partial charge in [-0.05, 0) is 0 Å². The van der Waals surface area contributed by atoms with E-state index in [2.05, 4.69) is 11.5 Å². The van der Waals surface area contributed by atoms with Crippen molar-refractivity contribution in [2.45, 2.75) is 0 Å². The van der Waals surface area contributed by atoms with Crippen molar-refractivity contribution >= 4 is 12.1 Å². The van der Waals surface area contributed by atoms with Crippen LogP contribution in [0.25, 0.3) is 0 Å². The van der Waals surface area contributed by atoms with E-state index >= 15 is 0 Å². The van der Waals surface area contributed by atoms with Crippen molar-refractivity contribution in [2.24, 2.45) is 0 Å². The molecule has 0 unspecified atom stereocenters. The molecule has 19 heavy (non-hydrogen) atoms. The molecule has 0 radical (unpaired) electrons.